The van der Waals surface area contributed by atoms with Crippen LogP contribution in [-0.2, 0) is 23.1 Å². The van der Waals surface area contributed by atoms with Crippen molar-refractivity contribution < 1.29 is 4.79 Å². The van der Waals surface area contributed by atoms with Crippen molar-refractivity contribution in [3.05, 3.63) is 51.0 Å². The first-order chi connectivity index (χ1) is 11.3. The Balaban J connectivity index is 1.74. The van der Waals surface area contributed by atoms with Gasteiger partial charge < -0.3 is 5.32 Å². The van der Waals surface area contributed by atoms with Crippen molar-refractivity contribution in [3.8, 4) is 0 Å². The van der Waals surface area contributed by atoms with Crippen molar-refractivity contribution in [2.45, 2.75) is 59.3 Å². The molecule has 0 spiro atoms. The molecule has 0 radical (unpaired) electrons. The van der Waals surface area contributed by atoms with Crippen molar-refractivity contribution in [3.63, 3.8) is 0 Å². The van der Waals surface area contributed by atoms with Crippen molar-refractivity contribution in [1.29, 1.82) is 0 Å². The highest BCUT2D eigenvalue weighted by atomic mass is 32.1. The molecule has 0 bridgehead atoms. The molecule has 0 atom stereocenters. The number of nitrogens with zero attached hydrogens (tertiary/aromatic N) is 1. The molecular weight excluding hydrogens is 316 g/mol. The molecule has 24 heavy (non-hydrogen) atoms. The monoisotopic (exact) mass is 344 g/mol. The predicted molar refractivity (Wildman–Crippen MR) is 102 cm³/mol. The molecule has 1 aromatic carbocycles. The second-order valence-corrected chi connectivity index (χ2v) is 8.58. The van der Waals surface area contributed by atoms with E-state index in [4.69, 9.17) is 0 Å². The zero-order chi connectivity index (χ0) is 17.7. The Kier molecular flexibility index (Phi) is 6.16. The minimum absolute atomic E-state index is 0.119. The SMILES string of the molecule is Cc1nc(C)c(CCNC(=O)CCc2ccc(C(C)(C)C)cc2)s1. The van der Waals surface area contributed by atoms with Crippen LogP contribution < -0.4 is 5.32 Å². The Morgan fingerprint density at radius 3 is 2.33 bits per heavy atom. The van der Waals surface area contributed by atoms with Crippen LogP contribution in [0.4, 0.5) is 0 Å². The topological polar surface area (TPSA) is 42.0 Å². The molecule has 3 nitrogen and oxygen atoms in total. The largest absolute Gasteiger partial charge is 0.356 e. The maximum atomic E-state index is 12.0. The van der Waals surface area contributed by atoms with E-state index in [0.717, 1.165) is 23.5 Å². The van der Waals surface area contributed by atoms with Gasteiger partial charge in [0.1, 0.15) is 0 Å². The van der Waals surface area contributed by atoms with Gasteiger partial charge in [-0.15, -0.1) is 11.3 Å². The van der Waals surface area contributed by atoms with Gasteiger partial charge in [0.2, 0.25) is 5.91 Å². The quantitative estimate of drug-likeness (QED) is 0.846. The molecule has 0 saturated heterocycles. The lowest BCUT2D eigenvalue weighted by Crippen LogP contribution is -2.25. The zero-order valence-electron chi connectivity index (χ0n) is 15.4. The molecule has 0 aliphatic rings. The summed E-state index contributed by atoms with van der Waals surface area (Å²) in [4.78, 5) is 17.7. The van der Waals surface area contributed by atoms with Crippen LogP contribution in [0.15, 0.2) is 24.3 Å². The average molecular weight is 345 g/mol. The Morgan fingerprint density at radius 1 is 1.12 bits per heavy atom. The van der Waals surface area contributed by atoms with Crippen LogP contribution in [0.1, 0.15) is 53.9 Å². The number of amides is 1. The van der Waals surface area contributed by atoms with Gasteiger partial charge in [0, 0.05) is 24.3 Å². The number of hydrogen-bond donors (Lipinski definition) is 1. The van der Waals surface area contributed by atoms with Gasteiger partial charge in [0.15, 0.2) is 0 Å². The summed E-state index contributed by atoms with van der Waals surface area (Å²) in [5.74, 6) is 0.119. The van der Waals surface area contributed by atoms with Crippen LogP contribution in [0.2, 0.25) is 0 Å². The number of aromatic nitrogens is 1. The third-order valence-corrected chi connectivity index (χ3v) is 5.27. The van der Waals surface area contributed by atoms with Gasteiger partial charge in [-0.1, -0.05) is 45.0 Å². The second kappa shape index (κ2) is 7.93. The Hall–Kier alpha value is -1.68. The molecule has 2 aromatic rings. The van der Waals surface area contributed by atoms with E-state index in [-0.39, 0.29) is 11.3 Å². The number of carbonyl (C=O) groups excluding carboxylic acids is 1. The van der Waals surface area contributed by atoms with E-state index in [1.807, 2.05) is 13.8 Å². The lowest BCUT2D eigenvalue weighted by atomic mass is 9.86. The van der Waals surface area contributed by atoms with Gasteiger partial charge in [-0.2, -0.15) is 0 Å². The lowest BCUT2D eigenvalue weighted by Gasteiger charge is -2.19. The molecule has 0 aliphatic carbocycles. The van der Waals surface area contributed by atoms with Crippen molar-refractivity contribution in [2.24, 2.45) is 0 Å². The average Bonchev–Trinajstić information content (AvgIpc) is 2.82. The van der Waals surface area contributed by atoms with Crippen molar-refractivity contribution in [1.82, 2.24) is 10.3 Å². The first-order valence-electron chi connectivity index (χ1n) is 8.55. The molecule has 1 heterocycles. The molecule has 0 aliphatic heterocycles. The first kappa shape index (κ1) is 18.7. The summed E-state index contributed by atoms with van der Waals surface area (Å²) < 4.78 is 0. The minimum Gasteiger partial charge on any atom is -0.356 e. The highest BCUT2D eigenvalue weighted by Gasteiger charge is 2.13. The van der Waals surface area contributed by atoms with Crippen LogP contribution in [0.25, 0.3) is 0 Å². The molecule has 1 aromatic heterocycles. The summed E-state index contributed by atoms with van der Waals surface area (Å²) in [6.45, 7) is 11.4. The number of hydrogen-bond acceptors (Lipinski definition) is 3. The van der Waals surface area contributed by atoms with E-state index in [0.29, 0.717) is 13.0 Å². The highest BCUT2D eigenvalue weighted by Crippen LogP contribution is 2.22. The normalized spacial score (nSPS) is 11.5. The summed E-state index contributed by atoms with van der Waals surface area (Å²) in [6.07, 6.45) is 2.19. The standard InChI is InChI=1S/C20H28N2OS/c1-14-18(24-15(2)22-14)12-13-21-19(23)11-8-16-6-9-17(10-7-16)20(3,4)5/h6-7,9-10H,8,11-13H2,1-5H3,(H,21,23). The van der Waals surface area contributed by atoms with Gasteiger partial charge >= 0.3 is 0 Å². The number of rotatable bonds is 6. The molecule has 4 heteroatoms. The number of thiazole rings is 1. The first-order valence-corrected chi connectivity index (χ1v) is 9.36. The van der Waals surface area contributed by atoms with E-state index in [2.05, 4.69) is 55.3 Å². The number of benzene rings is 1. The smallest absolute Gasteiger partial charge is 0.220 e. The predicted octanol–water partition coefficient (Wildman–Crippen LogP) is 4.35. The third kappa shape index (κ3) is 5.45. The fourth-order valence-corrected chi connectivity index (χ4v) is 3.58. The summed E-state index contributed by atoms with van der Waals surface area (Å²) in [7, 11) is 0. The van der Waals surface area contributed by atoms with E-state index in [1.54, 1.807) is 11.3 Å². The van der Waals surface area contributed by atoms with E-state index >= 15 is 0 Å². The number of carbonyl (C=O) groups is 1. The summed E-state index contributed by atoms with van der Waals surface area (Å²) in [5, 5.41) is 4.10. The van der Waals surface area contributed by atoms with Crippen molar-refractivity contribution >= 4 is 17.2 Å². The lowest BCUT2D eigenvalue weighted by molar-refractivity contribution is -0.121. The molecule has 2 rings (SSSR count). The molecule has 1 amide bonds. The van der Waals surface area contributed by atoms with Crippen LogP contribution >= 0.6 is 11.3 Å². The van der Waals surface area contributed by atoms with Crippen LogP contribution in [-0.4, -0.2) is 17.4 Å². The van der Waals surface area contributed by atoms with E-state index < -0.39 is 0 Å². The third-order valence-electron chi connectivity index (χ3n) is 4.13. The van der Waals surface area contributed by atoms with Crippen molar-refractivity contribution in [2.75, 3.05) is 6.54 Å². The Labute approximate surface area is 149 Å². The van der Waals surface area contributed by atoms with Gasteiger partial charge in [-0.05, 0) is 36.8 Å². The van der Waals surface area contributed by atoms with Gasteiger partial charge in [0.05, 0.1) is 10.7 Å². The zero-order valence-corrected chi connectivity index (χ0v) is 16.2. The van der Waals surface area contributed by atoms with Crippen LogP contribution in [0.3, 0.4) is 0 Å². The van der Waals surface area contributed by atoms with Gasteiger partial charge in [-0.3, -0.25) is 4.79 Å². The molecule has 1 N–H and O–H groups in total. The second-order valence-electron chi connectivity index (χ2n) is 7.29. The summed E-state index contributed by atoms with van der Waals surface area (Å²) in [6, 6.07) is 8.61. The van der Waals surface area contributed by atoms with E-state index in [1.165, 1.54) is 16.0 Å². The fraction of sp³-hybridized carbons (Fsp3) is 0.500. The molecule has 130 valence electrons. The van der Waals surface area contributed by atoms with Crippen LogP contribution in [0.5, 0.6) is 0 Å². The molecule has 0 unspecified atom stereocenters. The minimum atomic E-state index is 0.119. The van der Waals surface area contributed by atoms with E-state index in [9.17, 15) is 4.79 Å². The Bertz CT molecular complexity index is 681. The molecule has 0 fully saturated rings. The molecular formula is C20H28N2OS. The summed E-state index contributed by atoms with van der Waals surface area (Å²) >= 11 is 1.72. The van der Waals surface area contributed by atoms with Crippen LogP contribution in [0, 0.1) is 13.8 Å². The summed E-state index contributed by atoms with van der Waals surface area (Å²) in [5.41, 5.74) is 3.80. The molecule has 0 saturated carbocycles. The number of nitrogens with one attached hydrogen (secondary N) is 1. The maximum absolute atomic E-state index is 12.0. The van der Waals surface area contributed by atoms with Gasteiger partial charge in [0.25, 0.3) is 0 Å². The Morgan fingerprint density at radius 2 is 1.79 bits per heavy atom. The van der Waals surface area contributed by atoms with Gasteiger partial charge in [-0.25, -0.2) is 4.98 Å². The number of aryl methyl sites for hydroxylation is 3. The highest BCUT2D eigenvalue weighted by molar-refractivity contribution is 7.11. The maximum Gasteiger partial charge on any atom is 0.220 e. The fourth-order valence-electron chi connectivity index (χ4n) is 2.64.